The first kappa shape index (κ1) is 27.6. The SMILES string of the molecule is C=C([C@@H](OC(C)C)c1ncc(Cl)cn1)S(=O)(=O)Nc1nnc([C@@H]2CCOC2)n1-c1c(OC)ncnc1OC. The summed E-state index contributed by atoms with van der Waals surface area (Å²) in [6.45, 7) is 8.17. The van der Waals surface area contributed by atoms with Crippen LogP contribution in [0.1, 0.15) is 43.9 Å². The molecule has 38 heavy (non-hydrogen) atoms. The Kier molecular flexibility index (Phi) is 8.40. The largest absolute Gasteiger partial charge is 0.479 e. The molecule has 14 nitrogen and oxygen atoms in total. The van der Waals surface area contributed by atoms with E-state index in [0.29, 0.717) is 25.5 Å². The lowest BCUT2D eigenvalue weighted by molar-refractivity contribution is 0.0275. The molecule has 2 atom stereocenters. The summed E-state index contributed by atoms with van der Waals surface area (Å²) in [4.78, 5) is 16.2. The molecule has 3 aromatic rings. The van der Waals surface area contributed by atoms with E-state index in [1.54, 1.807) is 13.8 Å². The zero-order valence-electron chi connectivity index (χ0n) is 21.2. The molecule has 1 aliphatic heterocycles. The highest BCUT2D eigenvalue weighted by atomic mass is 35.5. The second-order valence-electron chi connectivity index (χ2n) is 8.41. The second-order valence-corrected chi connectivity index (χ2v) is 10.6. The normalized spacial score (nSPS) is 16.4. The van der Waals surface area contributed by atoms with Crippen LogP contribution in [-0.4, -0.2) is 76.7 Å². The fraction of sp³-hybridized carbons (Fsp3) is 0.455. The number of sulfonamides is 1. The zero-order valence-corrected chi connectivity index (χ0v) is 22.7. The third-order valence-corrected chi connectivity index (χ3v) is 7.05. The number of rotatable bonds is 11. The summed E-state index contributed by atoms with van der Waals surface area (Å²) in [5.74, 6) is 0.368. The van der Waals surface area contributed by atoms with Gasteiger partial charge in [-0.05, 0) is 20.3 Å². The third kappa shape index (κ3) is 5.70. The Morgan fingerprint density at radius 3 is 2.37 bits per heavy atom. The molecule has 4 heterocycles. The maximum atomic E-state index is 13.6. The lowest BCUT2D eigenvalue weighted by atomic mass is 10.1. The molecule has 1 saturated heterocycles. The van der Waals surface area contributed by atoms with Crippen molar-refractivity contribution in [2.24, 2.45) is 0 Å². The fourth-order valence-electron chi connectivity index (χ4n) is 3.76. The van der Waals surface area contributed by atoms with Gasteiger partial charge in [0.15, 0.2) is 17.6 Å². The molecule has 0 bridgehead atoms. The highest BCUT2D eigenvalue weighted by Gasteiger charge is 2.34. The average molecular weight is 567 g/mol. The van der Waals surface area contributed by atoms with E-state index in [2.05, 4.69) is 41.4 Å². The van der Waals surface area contributed by atoms with Crippen LogP contribution in [-0.2, 0) is 19.5 Å². The van der Waals surface area contributed by atoms with E-state index < -0.39 is 16.1 Å². The van der Waals surface area contributed by atoms with Crippen LogP contribution in [0.15, 0.2) is 30.2 Å². The van der Waals surface area contributed by atoms with Crippen LogP contribution in [0.4, 0.5) is 5.95 Å². The molecule has 1 fully saturated rings. The number of methoxy groups -OCH3 is 2. The molecule has 1 N–H and O–H groups in total. The van der Waals surface area contributed by atoms with Gasteiger partial charge in [0.2, 0.25) is 17.7 Å². The lowest BCUT2D eigenvalue weighted by Crippen LogP contribution is -2.25. The number of halogens is 1. The van der Waals surface area contributed by atoms with E-state index in [4.69, 9.17) is 30.5 Å². The second kappa shape index (κ2) is 11.6. The Hall–Kier alpha value is -3.40. The minimum absolute atomic E-state index is 0.0727. The predicted octanol–water partition coefficient (Wildman–Crippen LogP) is 2.44. The first-order chi connectivity index (χ1) is 18.2. The van der Waals surface area contributed by atoms with Crippen LogP contribution in [0.3, 0.4) is 0 Å². The Morgan fingerprint density at radius 1 is 1.16 bits per heavy atom. The fourth-order valence-corrected chi connectivity index (χ4v) is 4.80. The van der Waals surface area contributed by atoms with E-state index >= 15 is 0 Å². The van der Waals surface area contributed by atoms with Crippen LogP contribution >= 0.6 is 11.6 Å². The van der Waals surface area contributed by atoms with Crippen LogP contribution in [0, 0.1) is 0 Å². The summed E-state index contributed by atoms with van der Waals surface area (Å²) >= 11 is 5.90. The van der Waals surface area contributed by atoms with Gasteiger partial charge < -0.3 is 18.9 Å². The van der Waals surface area contributed by atoms with E-state index in [9.17, 15) is 8.42 Å². The number of nitrogens with zero attached hydrogens (tertiary/aromatic N) is 7. The molecular weight excluding hydrogens is 540 g/mol. The van der Waals surface area contributed by atoms with Gasteiger partial charge in [-0.3, -0.25) is 4.57 Å². The van der Waals surface area contributed by atoms with Gasteiger partial charge in [0.25, 0.3) is 10.0 Å². The van der Waals surface area contributed by atoms with Crippen molar-refractivity contribution in [1.82, 2.24) is 34.7 Å². The number of nitrogens with one attached hydrogen (secondary N) is 1. The van der Waals surface area contributed by atoms with E-state index in [1.807, 2.05) is 0 Å². The van der Waals surface area contributed by atoms with Gasteiger partial charge in [-0.15, -0.1) is 10.2 Å². The van der Waals surface area contributed by atoms with Gasteiger partial charge in [0.05, 0.1) is 36.9 Å². The molecular formula is C22H27ClN8O6S. The van der Waals surface area contributed by atoms with Crippen molar-refractivity contribution in [3.05, 3.63) is 46.9 Å². The minimum atomic E-state index is -4.36. The smallest absolute Gasteiger partial charge is 0.262 e. The molecule has 4 rings (SSSR count). The van der Waals surface area contributed by atoms with Gasteiger partial charge in [0, 0.05) is 24.9 Å². The Labute approximate surface area is 224 Å². The topological polar surface area (TPSA) is 165 Å². The van der Waals surface area contributed by atoms with Gasteiger partial charge >= 0.3 is 0 Å². The number of aromatic nitrogens is 7. The average Bonchev–Trinajstić information content (AvgIpc) is 3.56. The molecule has 204 valence electrons. The maximum Gasteiger partial charge on any atom is 0.262 e. The summed E-state index contributed by atoms with van der Waals surface area (Å²) < 4.78 is 53.3. The molecule has 0 unspecified atom stereocenters. The summed E-state index contributed by atoms with van der Waals surface area (Å²) in [7, 11) is -1.52. The third-order valence-electron chi connectivity index (χ3n) is 5.49. The summed E-state index contributed by atoms with van der Waals surface area (Å²) in [6, 6.07) is 0. The van der Waals surface area contributed by atoms with Crippen LogP contribution in [0.2, 0.25) is 5.02 Å². The molecule has 0 spiro atoms. The number of ether oxygens (including phenoxy) is 4. The Bertz CT molecular complexity index is 1370. The molecule has 0 aromatic carbocycles. The number of hydrogen-bond acceptors (Lipinski definition) is 12. The van der Waals surface area contributed by atoms with Gasteiger partial charge in [-0.1, -0.05) is 18.2 Å². The first-order valence-electron chi connectivity index (χ1n) is 11.5. The standard InChI is InChI=1S/C22H27ClN8O6S/c1-12(2)37-17(18-24-8-15(23)9-25-18)13(3)38(32,33)30-22-29-28-19(14-6-7-36-10-14)31(22)16-20(34-4)26-11-27-21(16)35-5/h8-9,11-12,14,17H,3,6-7,10H2,1-2,4-5H3,(H,29,30)/t14-,17-/m1/s1. The van der Waals surface area contributed by atoms with Crippen LogP contribution < -0.4 is 14.2 Å². The quantitative estimate of drug-likeness (QED) is 0.361. The zero-order chi connectivity index (χ0) is 27.4. The van der Waals surface area contributed by atoms with Gasteiger partial charge in [-0.2, -0.15) is 9.97 Å². The van der Waals surface area contributed by atoms with Crippen LogP contribution in [0.5, 0.6) is 11.8 Å². The van der Waals surface area contributed by atoms with Gasteiger partial charge in [0.1, 0.15) is 12.2 Å². The molecule has 0 aliphatic carbocycles. The van der Waals surface area contributed by atoms with E-state index in [1.165, 1.54) is 37.5 Å². The van der Waals surface area contributed by atoms with Crippen molar-refractivity contribution in [3.8, 4) is 17.4 Å². The Morgan fingerprint density at radius 2 is 1.82 bits per heavy atom. The molecule has 16 heteroatoms. The van der Waals surface area contributed by atoms with E-state index in [-0.39, 0.29) is 51.2 Å². The Balaban J connectivity index is 1.79. The molecule has 0 radical (unpaired) electrons. The van der Waals surface area contributed by atoms with Gasteiger partial charge in [-0.25, -0.2) is 23.1 Å². The van der Waals surface area contributed by atoms with Crippen molar-refractivity contribution >= 4 is 27.6 Å². The molecule has 0 saturated carbocycles. The molecule has 1 aliphatic rings. The number of hydrogen-bond donors (Lipinski definition) is 1. The van der Waals surface area contributed by atoms with Crippen LogP contribution in [0.25, 0.3) is 5.69 Å². The number of anilines is 1. The minimum Gasteiger partial charge on any atom is -0.479 e. The van der Waals surface area contributed by atoms with Crippen molar-refractivity contribution in [2.45, 2.75) is 38.4 Å². The molecule has 3 aromatic heterocycles. The summed E-state index contributed by atoms with van der Waals surface area (Å²) in [5.41, 5.74) is 0.212. The van der Waals surface area contributed by atoms with Crippen molar-refractivity contribution in [3.63, 3.8) is 0 Å². The van der Waals surface area contributed by atoms with Crippen molar-refractivity contribution in [2.75, 3.05) is 32.2 Å². The first-order valence-corrected chi connectivity index (χ1v) is 13.3. The highest BCUT2D eigenvalue weighted by molar-refractivity contribution is 7.96. The monoisotopic (exact) mass is 566 g/mol. The maximum absolute atomic E-state index is 13.6. The van der Waals surface area contributed by atoms with Crippen molar-refractivity contribution in [1.29, 1.82) is 0 Å². The predicted molar refractivity (Wildman–Crippen MR) is 136 cm³/mol. The lowest BCUT2D eigenvalue weighted by Gasteiger charge is -2.22. The highest BCUT2D eigenvalue weighted by Crippen LogP contribution is 2.37. The molecule has 0 amide bonds. The summed E-state index contributed by atoms with van der Waals surface area (Å²) in [5, 5.41) is 8.68. The summed E-state index contributed by atoms with van der Waals surface area (Å²) in [6.07, 6.45) is 3.01. The van der Waals surface area contributed by atoms with E-state index in [0.717, 1.165) is 0 Å². The van der Waals surface area contributed by atoms with Crippen molar-refractivity contribution < 1.29 is 27.4 Å².